The molecule has 0 bridgehead atoms. The topological polar surface area (TPSA) is 84.4 Å². The molecule has 25 aromatic rings. The molecule has 7 heterocycles. The second-order valence-electron chi connectivity index (χ2n) is 29.0. The predicted octanol–water partition coefficient (Wildman–Crippen LogP) is 26.0. The normalized spacial score (nSPS) is 12.4. The van der Waals surface area contributed by atoms with Gasteiger partial charge < -0.3 is 18.1 Å². The lowest BCUT2D eigenvalue weighted by Gasteiger charge is -2.14. The molecule has 0 N–H and O–H groups in total. The van der Waals surface area contributed by atoms with Gasteiger partial charge in [0, 0.05) is 98.4 Å². The Morgan fingerprint density at radius 3 is 1.26 bits per heavy atom. The van der Waals surface area contributed by atoms with Crippen LogP contribution in [0, 0.1) is 0 Å². The van der Waals surface area contributed by atoms with Crippen molar-refractivity contribution in [2.45, 2.75) is 0 Å². The molecule has 0 aliphatic rings. The highest BCUT2D eigenvalue weighted by Crippen LogP contribution is 2.52. The minimum Gasteiger partial charge on any atom is -0.455 e. The summed E-state index contributed by atoms with van der Waals surface area (Å²) < 4.78 is 16.4. The molecule has 9 heteroatoms. The molecule has 0 aliphatic carbocycles. The van der Waals surface area contributed by atoms with Crippen LogP contribution in [-0.4, -0.2) is 38.2 Å². The lowest BCUT2D eigenvalue weighted by atomic mass is 9.90. The van der Waals surface area contributed by atoms with Crippen LogP contribution in [0.5, 0.6) is 0 Å². The second kappa shape index (κ2) is 21.9. The quantitative estimate of drug-likeness (QED) is 0.151. The maximum Gasteiger partial charge on any atom is 0.235 e. The van der Waals surface area contributed by atoms with Crippen LogP contribution >= 0.6 is 0 Å². The molecule has 109 heavy (non-hydrogen) atoms. The van der Waals surface area contributed by atoms with E-state index in [0.29, 0.717) is 11.8 Å². The molecule has 0 unspecified atom stereocenters. The van der Waals surface area contributed by atoms with Crippen molar-refractivity contribution in [1.29, 1.82) is 0 Å². The molecular formula is C100H56N8O. The van der Waals surface area contributed by atoms with Gasteiger partial charge in [0.25, 0.3) is 0 Å². The van der Waals surface area contributed by atoms with Gasteiger partial charge in [-0.3, -0.25) is 4.57 Å². The van der Waals surface area contributed by atoms with Crippen molar-refractivity contribution in [2.75, 3.05) is 0 Å². The molecule has 0 aliphatic heterocycles. The molecular weight excluding hydrogens is 1330 g/mol. The van der Waals surface area contributed by atoms with Crippen LogP contribution in [0.15, 0.2) is 344 Å². The van der Waals surface area contributed by atoms with E-state index < -0.39 is 0 Å². The van der Waals surface area contributed by atoms with E-state index >= 15 is 0 Å². The molecule has 0 saturated heterocycles. The second-order valence-corrected chi connectivity index (χ2v) is 29.0. The predicted molar refractivity (Wildman–Crippen MR) is 451 cm³/mol. The van der Waals surface area contributed by atoms with Crippen molar-refractivity contribution in [3.05, 3.63) is 340 Å². The zero-order valence-corrected chi connectivity index (χ0v) is 58.3. The summed E-state index contributed by atoms with van der Waals surface area (Å²) in [7, 11) is 0. The first-order chi connectivity index (χ1) is 54.1. The van der Waals surface area contributed by atoms with E-state index in [1.807, 2.05) is 12.1 Å². The van der Waals surface area contributed by atoms with Gasteiger partial charge >= 0.3 is 0 Å². The van der Waals surface area contributed by atoms with Crippen LogP contribution in [-0.2, 0) is 0 Å². The fraction of sp³-hybridized carbons (Fsp3) is 0. The third-order valence-electron chi connectivity index (χ3n) is 23.5. The lowest BCUT2D eigenvalue weighted by molar-refractivity contribution is 0.670. The van der Waals surface area contributed by atoms with Crippen LogP contribution in [0.3, 0.4) is 0 Å². The summed E-state index contributed by atoms with van der Waals surface area (Å²) >= 11 is 0. The number of furan rings is 1. The maximum absolute atomic E-state index is 6.75. The summed E-state index contributed by atoms with van der Waals surface area (Å²) in [4.78, 5) is 22.4. The highest BCUT2D eigenvalue weighted by Gasteiger charge is 2.30. The summed E-state index contributed by atoms with van der Waals surface area (Å²) in [5, 5.41) is 23.2. The molecule has 7 aromatic heterocycles. The first kappa shape index (κ1) is 58.6. The van der Waals surface area contributed by atoms with Gasteiger partial charge in [0.2, 0.25) is 5.95 Å². The van der Waals surface area contributed by atoms with Gasteiger partial charge in [-0.25, -0.2) is 19.9 Å². The number of hydrogen-bond donors (Lipinski definition) is 0. The number of aromatic nitrogens is 8. The number of nitrogens with zero attached hydrogens (tertiary/aromatic N) is 8. The average Bonchev–Trinajstić information content (AvgIpc) is 1.53. The Labute approximate surface area is 620 Å². The van der Waals surface area contributed by atoms with Crippen molar-refractivity contribution in [3.8, 4) is 68.0 Å². The van der Waals surface area contributed by atoms with E-state index in [2.05, 4.69) is 346 Å². The van der Waals surface area contributed by atoms with Gasteiger partial charge in [-0.05, 0) is 163 Å². The van der Waals surface area contributed by atoms with Crippen molar-refractivity contribution in [3.63, 3.8) is 0 Å². The number of hydrogen-bond acceptors (Lipinski definition) is 5. The Hall–Kier alpha value is -14.8. The van der Waals surface area contributed by atoms with E-state index in [-0.39, 0.29) is 0 Å². The summed E-state index contributed by atoms with van der Waals surface area (Å²) in [6.45, 7) is 0. The largest absolute Gasteiger partial charge is 0.455 e. The molecule has 0 amide bonds. The molecule has 9 nitrogen and oxygen atoms in total. The van der Waals surface area contributed by atoms with Gasteiger partial charge in [-0.1, -0.05) is 231 Å². The third-order valence-corrected chi connectivity index (χ3v) is 23.5. The smallest absolute Gasteiger partial charge is 0.235 e. The average molecular weight is 1390 g/mol. The van der Waals surface area contributed by atoms with Crippen molar-refractivity contribution >= 4 is 174 Å². The zero-order chi connectivity index (χ0) is 70.8. The number of rotatable bonds is 8. The van der Waals surface area contributed by atoms with Crippen LogP contribution < -0.4 is 0 Å². The van der Waals surface area contributed by atoms with E-state index in [1.54, 1.807) is 0 Å². The summed E-state index contributed by atoms with van der Waals surface area (Å²) in [6.07, 6.45) is 0. The van der Waals surface area contributed by atoms with Crippen molar-refractivity contribution in [1.82, 2.24) is 38.2 Å². The van der Waals surface area contributed by atoms with Crippen LogP contribution in [0.25, 0.3) is 242 Å². The lowest BCUT2D eigenvalue weighted by Crippen LogP contribution is -2.03. The highest BCUT2D eigenvalue weighted by atomic mass is 16.3. The number of benzene rings is 16. The number of para-hydroxylation sites is 5. The standard InChI is InChI=1S/C100H56N8O/c1-4-22-58(23-5-1)96-75-56-62(107-79-42-19-35-68-65-29-11-10-28-64(65)67-34-18-41-78-88(67)92-82(52-53-84(107)93(92)89(68)79)105(78)60-24-6-2-7-25-60)50-51-77(75)101-99(103-96)59-48-46-57(47-49-59)63-32-16-33-69-70-36-20-44-81-90(70)95-85(55-54-83-94(95)91-73(87(63)69)38-21-43-80(91)106(83)61-26-8-3-9-27-61)108(81)100-102-76-40-14-12-31-72(76)97(104-100)74-39-17-37-71-66-30-13-15-45-86(66)109-98(71)74/h1-56H. The molecule has 0 radical (unpaired) electrons. The Morgan fingerprint density at radius 2 is 0.642 bits per heavy atom. The summed E-state index contributed by atoms with van der Waals surface area (Å²) in [5.41, 5.74) is 22.3. The first-order valence-electron chi connectivity index (χ1n) is 37.2. The minimum atomic E-state index is 0.583. The van der Waals surface area contributed by atoms with Gasteiger partial charge in [-0.15, -0.1) is 0 Å². The molecule has 25 rings (SSSR count). The van der Waals surface area contributed by atoms with Gasteiger partial charge in [0.05, 0.1) is 66.6 Å². The fourth-order valence-corrected chi connectivity index (χ4v) is 19.0. The Kier molecular flexibility index (Phi) is 11.8. The monoisotopic (exact) mass is 1380 g/mol. The Balaban J connectivity index is 0.682. The highest BCUT2D eigenvalue weighted by molar-refractivity contribution is 6.41. The van der Waals surface area contributed by atoms with Gasteiger partial charge in [-0.2, -0.15) is 0 Å². The van der Waals surface area contributed by atoms with Gasteiger partial charge in [0.15, 0.2) is 5.82 Å². The van der Waals surface area contributed by atoms with E-state index in [9.17, 15) is 0 Å². The van der Waals surface area contributed by atoms with Crippen LogP contribution in [0.2, 0.25) is 0 Å². The Bertz CT molecular complexity index is 8210. The van der Waals surface area contributed by atoms with E-state index in [1.165, 1.54) is 64.9 Å². The molecule has 502 valence electrons. The molecule has 0 spiro atoms. The first-order valence-corrected chi connectivity index (χ1v) is 37.2. The van der Waals surface area contributed by atoms with E-state index in [0.717, 1.165) is 165 Å². The van der Waals surface area contributed by atoms with Crippen molar-refractivity contribution in [2.24, 2.45) is 0 Å². The van der Waals surface area contributed by atoms with Crippen LogP contribution in [0.1, 0.15) is 0 Å². The Morgan fingerprint density at radius 1 is 0.211 bits per heavy atom. The molecule has 18 aromatic carbocycles. The SMILES string of the molecule is c1ccc(-c2nc(-c3ccc(-c4cccc5c6cccc7c6c6c8c9c(cccc9n(-c9ccccc9)c8ccc6n7-c6nc(-c7cccc8c7oc7ccccc78)c7ccccc7n6)c45)cc3)nc3ccc(-n4c5cccc6c7ccccc7c7cccc8c7c7c(c65)c4ccc7n8-c4ccccc4)cc23)cc1. The maximum atomic E-state index is 6.75. The molecule has 0 atom stereocenters. The molecule has 0 saturated carbocycles. The summed E-state index contributed by atoms with van der Waals surface area (Å²) in [5.74, 6) is 1.24. The van der Waals surface area contributed by atoms with Crippen LogP contribution in [0.4, 0.5) is 0 Å². The molecule has 0 fully saturated rings. The minimum absolute atomic E-state index is 0.583. The van der Waals surface area contributed by atoms with Crippen molar-refractivity contribution < 1.29 is 4.42 Å². The third kappa shape index (κ3) is 8.00. The van der Waals surface area contributed by atoms with E-state index in [4.69, 9.17) is 24.4 Å². The number of fused-ring (bicyclic) bond motifs is 11. The zero-order valence-electron chi connectivity index (χ0n) is 58.3. The van der Waals surface area contributed by atoms with Gasteiger partial charge in [0.1, 0.15) is 11.2 Å². The summed E-state index contributed by atoms with van der Waals surface area (Å²) in [6, 6.07) is 123. The fourth-order valence-electron chi connectivity index (χ4n) is 19.0.